The normalized spacial score (nSPS) is 19.2. The van der Waals surface area contributed by atoms with E-state index in [2.05, 4.69) is 0 Å². The van der Waals surface area contributed by atoms with Crippen LogP contribution in [0.4, 0.5) is 0 Å². The molecule has 30 heavy (non-hydrogen) atoms. The predicted octanol–water partition coefficient (Wildman–Crippen LogP) is 1.69. The topological polar surface area (TPSA) is 107 Å². The van der Waals surface area contributed by atoms with Gasteiger partial charge in [0.15, 0.2) is 11.9 Å². The molecule has 2 aliphatic rings. The van der Waals surface area contributed by atoms with Crippen LogP contribution in [0.25, 0.3) is 0 Å². The lowest BCUT2D eigenvalue weighted by atomic mass is 10.1. The van der Waals surface area contributed by atoms with Crippen LogP contribution in [-0.4, -0.2) is 56.2 Å². The number of esters is 2. The van der Waals surface area contributed by atoms with Gasteiger partial charge < -0.3 is 9.47 Å². The molecule has 0 N–H and O–H groups in total. The van der Waals surface area contributed by atoms with E-state index in [1.165, 1.54) is 24.2 Å². The van der Waals surface area contributed by atoms with Crippen molar-refractivity contribution in [1.82, 2.24) is 4.31 Å². The fraction of sp³-hybridized carbons (Fsp3) is 0.381. The average Bonchev–Trinajstić information content (AvgIpc) is 3.19. The van der Waals surface area contributed by atoms with Crippen molar-refractivity contribution in [3.8, 4) is 0 Å². The summed E-state index contributed by atoms with van der Waals surface area (Å²) in [5.74, 6) is -1.30. The highest BCUT2D eigenvalue weighted by atomic mass is 32.2. The lowest BCUT2D eigenvalue weighted by Crippen LogP contribution is -2.31. The second kappa shape index (κ2) is 8.53. The Morgan fingerprint density at radius 1 is 1.13 bits per heavy atom. The third-order valence-electron chi connectivity index (χ3n) is 4.91. The van der Waals surface area contributed by atoms with Crippen LogP contribution in [-0.2, 0) is 33.9 Å². The molecule has 0 radical (unpaired) electrons. The summed E-state index contributed by atoms with van der Waals surface area (Å²) < 4.78 is 37.3. The third-order valence-corrected chi connectivity index (χ3v) is 6.71. The summed E-state index contributed by atoms with van der Waals surface area (Å²) in [6.45, 7) is 4.29. The summed E-state index contributed by atoms with van der Waals surface area (Å²) in [5, 5.41) is 0. The molecule has 0 spiro atoms. The molecule has 0 aromatic heterocycles. The lowest BCUT2D eigenvalue weighted by Gasteiger charge is -2.19. The molecule has 1 atom stereocenters. The van der Waals surface area contributed by atoms with Gasteiger partial charge in [-0.25, -0.2) is 8.42 Å². The van der Waals surface area contributed by atoms with Crippen molar-refractivity contribution in [3.05, 3.63) is 52.6 Å². The van der Waals surface area contributed by atoms with E-state index in [0.717, 1.165) is 11.1 Å². The first kappa shape index (κ1) is 21.9. The minimum absolute atomic E-state index is 0.0590. The molecule has 160 valence electrons. The minimum Gasteiger partial charge on any atom is -0.462 e. The number of nitrogens with zero attached hydrogens (tertiary/aromatic N) is 1. The van der Waals surface area contributed by atoms with Crippen molar-refractivity contribution in [2.45, 2.75) is 38.2 Å². The number of aryl methyl sites for hydroxylation is 1. The monoisotopic (exact) mass is 433 g/mol. The maximum absolute atomic E-state index is 13.0. The zero-order chi connectivity index (χ0) is 22.1. The molecule has 0 amide bonds. The molecule has 0 bridgehead atoms. The molecule has 1 heterocycles. The Balaban J connectivity index is 1.83. The summed E-state index contributed by atoms with van der Waals surface area (Å²) >= 11 is 0. The fourth-order valence-electron chi connectivity index (χ4n) is 3.49. The lowest BCUT2D eigenvalue weighted by molar-refractivity contribution is -0.153. The van der Waals surface area contributed by atoms with Gasteiger partial charge in [0.1, 0.15) is 6.61 Å². The molecule has 1 unspecified atom stereocenters. The highest BCUT2D eigenvalue weighted by molar-refractivity contribution is 7.89. The van der Waals surface area contributed by atoms with Crippen molar-refractivity contribution < 1.29 is 32.3 Å². The molecule has 0 saturated heterocycles. The van der Waals surface area contributed by atoms with Gasteiger partial charge in [0, 0.05) is 38.9 Å². The van der Waals surface area contributed by atoms with Gasteiger partial charge in [-0.15, -0.1) is 0 Å². The van der Waals surface area contributed by atoms with E-state index in [9.17, 15) is 22.8 Å². The van der Waals surface area contributed by atoms with E-state index in [0.29, 0.717) is 11.1 Å². The van der Waals surface area contributed by atoms with Crippen molar-refractivity contribution in [2.24, 2.45) is 0 Å². The Morgan fingerprint density at radius 2 is 1.80 bits per heavy atom. The molecule has 1 aliphatic carbocycles. The maximum atomic E-state index is 13.0. The Morgan fingerprint density at radius 3 is 2.40 bits per heavy atom. The molecule has 1 aliphatic heterocycles. The van der Waals surface area contributed by atoms with Crippen LogP contribution >= 0.6 is 0 Å². The number of ketones is 1. The number of Topliss-reactive ketones (excluding diaryl/α,β-unsaturated/α-hetero) is 1. The highest BCUT2D eigenvalue weighted by Crippen LogP contribution is 2.37. The van der Waals surface area contributed by atoms with Crippen molar-refractivity contribution >= 4 is 27.7 Å². The largest absolute Gasteiger partial charge is 0.462 e. The molecule has 3 rings (SSSR count). The SMILES string of the molecule is CC(=O)OCC(/C=C1/C(=O)CC2=C1CN(S(=O)(=O)c1ccc(C)cc1)C2)OC(C)=O. The first-order valence-corrected chi connectivity index (χ1v) is 10.9. The molecule has 1 aromatic rings. The zero-order valence-corrected chi connectivity index (χ0v) is 17.8. The van der Waals surface area contributed by atoms with Crippen LogP contribution in [0.1, 0.15) is 25.8 Å². The summed E-state index contributed by atoms with van der Waals surface area (Å²) in [7, 11) is -3.71. The van der Waals surface area contributed by atoms with Gasteiger partial charge in [0.2, 0.25) is 10.0 Å². The van der Waals surface area contributed by atoms with Gasteiger partial charge >= 0.3 is 11.9 Å². The number of sulfonamides is 1. The number of rotatable bonds is 6. The van der Waals surface area contributed by atoms with Crippen LogP contribution in [0.15, 0.2) is 52.0 Å². The molecule has 8 nitrogen and oxygen atoms in total. The van der Waals surface area contributed by atoms with E-state index >= 15 is 0 Å². The van der Waals surface area contributed by atoms with Crippen molar-refractivity contribution in [1.29, 1.82) is 0 Å². The van der Waals surface area contributed by atoms with Crippen molar-refractivity contribution in [2.75, 3.05) is 19.7 Å². The number of hydrogen-bond acceptors (Lipinski definition) is 7. The Labute approximate surface area is 175 Å². The summed E-state index contributed by atoms with van der Waals surface area (Å²) in [6.07, 6.45) is 0.623. The van der Waals surface area contributed by atoms with Crippen LogP contribution in [0.3, 0.4) is 0 Å². The van der Waals surface area contributed by atoms with Crippen LogP contribution in [0, 0.1) is 6.92 Å². The van der Waals surface area contributed by atoms with Crippen LogP contribution in [0.2, 0.25) is 0 Å². The third kappa shape index (κ3) is 4.68. The molecule has 1 aromatic carbocycles. The second-order valence-corrected chi connectivity index (χ2v) is 9.24. The average molecular weight is 433 g/mol. The van der Waals surface area contributed by atoms with E-state index in [4.69, 9.17) is 9.47 Å². The highest BCUT2D eigenvalue weighted by Gasteiger charge is 2.39. The van der Waals surface area contributed by atoms with Gasteiger partial charge in [0.25, 0.3) is 0 Å². The number of ether oxygens (including phenoxy) is 2. The standard InChI is InChI=1S/C21H23NO7S/c1-13-4-6-18(7-5-13)30(26,27)22-10-16-8-21(25)19(20(16)11-22)9-17(29-15(3)24)12-28-14(2)23/h4-7,9,17H,8,10-12H2,1-3H3/b19-9+. The molecule has 0 saturated carbocycles. The predicted molar refractivity (Wildman–Crippen MR) is 107 cm³/mol. The summed E-state index contributed by atoms with van der Waals surface area (Å²) in [4.78, 5) is 35.1. The van der Waals surface area contributed by atoms with Gasteiger partial charge in [-0.3, -0.25) is 14.4 Å². The maximum Gasteiger partial charge on any atom is 0.303 e. The van der Waals surface area contributed by atoms with Crippen LogP contribution in [0.5, 0.6) is 0 Å². The number of carbonyl (C=O) groups excluding carboxylic acids is 3. The molecular formula is C21H23NO7S. The van der Waals surface area contributed by atoms with Gasteiger partial charge in [-0.1, -0.05) is 17.7 Å². The quantitative estimate of drug-likeness (QED) is 0.496. The van der Waals surface area contributed by atoms with Gasteiger partial charge in [0.05, 0.1) is 4.90 Å². The number of benzene rings is 1. The number of carbonyl (C=O) groups is 3. The van der Waals surface area contributed by atoms with Gasteiger partial charge in [-0.05, 0) is 36.3 Å². The van der Waals surface area contributed by atoms with Crippen LogP contribution < -0.4 is 0 Å². The van der Waals surface area contributed by atoms with E-state index in [-0.39, 0.29) is 36.8 Å². The first-order valence-electron chi connectivity index (χ1n) is 9.41. The Kier molecular flexibility index (Phi) is 6.23. The number of hydrogen-bond donors (Lipinski definition) is 0. The van der Waals surface area contributed by atoms with Gasteiger partial charge in [-0.2, -0.15) is 4.31 Å². The fourth-order valence-corrected chi connectivity index (χ4v) is 4.89. The zero-order valence-electron chi connectivity index (χ0n) is 17.0. The molecule has 9 heteroatoms. The first-order chi connectivity index (χ1) is 14.1. The summed E-state index contributed by atoms with van der Waals surface area (Å²) in [6, 6.07) is 6.59. The van der Waals surface area contributed by atoms with E-state index in [1.54, 1.807) is 24.3 Å². The smallest absolute Gasteiger partial charge is 0.303 e. The molecular weight excluding hydrogens is 410 g/mol. The van der Waals surface area contributed by atoms with E-state index in [1.807, 2.05) is 6.92 Å². The van der Waals surface area contributed by atoms with E-state index < -0.39 is 28.1 Å². The minimum atomic E-state index is -3.71. The second-order valence-electron chi connectivity index (χ2n) is 7.30. The Bertz CT molecular complexity index is 1050. The van der Waals surface area contributed by atoms with Crippen molar-refractivity contribution in [3.63, 3.8) is 0 Å². The Hall–Kier alpha value is -2.78. The molecule has 0 fully saturated rings. The summed E-state index contributed by atoms with van der Waals surface area (Å²) in [5.41, 5.74) is 2.62.